The summed E-state index contributed by atoms with van der Waals surface area (Å²) in [5.41, 5.74) is 2.20. The van der Waals surface area contributed by atoms with E-state index >= 15 is 0 Å². The molecule has 0 unspecified atom stereocenters. The lowest BCUT2D eigenvalue weighted by molar-refractivity contribution is 0.0946. The number of nitrogens with one attached hydrogen (secondary N) is 2. The van der Waals surface area contributed by atoms with E-state index in [9.17, 15) is 9.18 Å². The molecule has 0 fully saturated rings. The molecular formula is C16H18FN3O. The Morgan fingerprint density at radius 3 is 2.62 bits per heavy atom. The Labute approximate surface area is 123 Å². The first kappa shape index (κ1) is 15.0. The maximum atomic E-state index is 14.0. The molecule has 0 bridgehead atoms. The van der Waals surface area contributed by atoms with Gasteiger partial charge in [-0.1, -0.05) is 31.2 Å². The van der Waals surface area contributed by atoms with Gasteiger partial charge in [0.05, 0.1) is 5.56 Å². The zero-order valence-corrected chi connectivity index (χ0v) is 12.1. The Bertz CT molecular complexity index is 643. The monoisotopic (exact) mass is 287 g/mol. The first-order valence-electron chi connectivity index (χ1n) is 6.84. The van der Waals surface area contributed by atoms with E-state index in [4.69, 9.17) is 0 Å². The molecule has 0 aliphatic carbocycles. The zero-order chi connectivity index (χ0) is 15.2. The number of hydrogen-bond donors (Lipinski definition) is 2. The third-order valence-electron chi connectivity index (χ3n) is 3.31. The third-order valence-corrected chi connectivity index (χ3v) is 3.31. The van der Waals surface area contributed by atoms with Gasteiger partial charge in [0.15, 0.2) is 11.6 Å². The number of halogens is 1. The minimum Gasteiger partial charge on any atom is -0.371 e. The molecule has 110 valence electrons. The van der Waals surface area contributed by atoms with Gasteiger partial charge in [-0.15, -0.1) is 0 Å². The fourth-order valence-corrected chi connectivity index (χ4v) is 2.14. The summed E-state index contributed by atoms with van der Waals surface area (Å²) >= 11 is 0. The quantitative estimate of drug-likeness (QED) is 0.889. The van der Waals surface area contributed by atoms with E-state index in [0.29, 0.717) is 6.54 Å². The van der Waals surface area contributed by atoms with Gasteiger partial charge < -0.3 is 10.6 Å². The molecule has 0 saturated heterocycles. The van der Waals surface area contributed by atoms with Crippen LogP contribution < -0.4 is 10.6 Å². The number of hydrogen-bond acceptors (Lipinski definition) is 3. The molecule has 5 heteroatoms. The molecule has 2 aromatic rings. The average Bonchev–Trinajstić information content (AvgIpc) is 2.53. The Balaban J connectivity index is 2.12. The van der Waals surface area contributed by atoms with E-state index in [1.54, 1.807) is 7.05 Å². The topological polar surface area (TPSA) is 54.0 Å². The van der Waals surface area contributed by atoms with E-state index in [-0.39, 0.29) is 11.4 Å². The molecule has 1 heterocycles. The van der Waals surface area contributed by atoms with Crippen LogP contribution in [-0.4, -0.2) is 17.9 Å². The van der Waals surface area contributed by atoms with Crippen LogP contribution in [0.15, 0.2) is 36.5 Å². The molecular weight excluding hydrogens is 269 g/mol. The van der Waals surface area contributed by atoms with Gasteiger partial charge in [0.2, 0.25) is 0 Å². The molecule has 2 rings (SSSR count). The van der Waals surface area contributed by atoms with Crippen LogP contribution in [-0.2, 0) is 13.0 Å². The summed E-state index contributed by atoms with van der Waals surface area (Å²) in [4.78, 5) is 15.9. The molecule has 0 atom stereocenters. The molecule has 21 heavy (non-hydrogen) atoms. The standard InChI is InChI=1S/C16H18FN3O/c1-3-11-6-4-5-7-12(11)10-20-16(21)13-8-9-19-15(18-2)14(13)17/h4-9H,3,10H2,1-2H3,(H,18,19)(H,20,21). The van der Waals surface area contributed by atoms with Crippen molar-refractivity contribution in [2.75, 3.05) is 12.4 Å². The maximum Gasteiger partial charge on any atom is 0.254 e. The Hall–Kier alpha value is -2.43. The van der Waals surface area contributed by atoms with Crippen molar-refractivity contribution in [1.29, 1.82) is 0 Å². The number of pyridine rings is 1. The first-order valence-corrected chi connectivity index (χ1v) is 6.84. The Morgan fingerprint density at radius 1 is 1.24 bits per heavy atom. The summed E-state index contributed by atoms with van der Waals surface area (Å²) in [6, 6.07) is 9.24. The van der Waals surface area contributed by atoms with Crippen molar-refractivity contribution < 1.29 is 9.18 Å². The highest BCUT2D eigenvalue weighted by Gasteiger charge is 2.15. The number of anilines is 1. The van der Waals surface area contributed by atoms with Gasteiger partial charge in [0.1, 0.15) is 0 Å². The van der Waals surface area contributed by atoms with Gasteiger partial charge >= 0.3 is 0 Å². The van der Waals surface area contributed by atoms with Crippen LogP contribution in [0.5, 0.6) is 0 Å². The molecule has 0 saturated carbocycles. The first-order chi connectivity index (χ1) is 10.2. The van der Waals surface area contributed by atoms with Crippen LogP contribution in [0.3, 0.4) is 0 Å². The Morgan fingerprint density at radius 2 is 1.95 bits per heavy atom. The smallest absolute Gasteiger partial charge is 0.254 e. The summed E-state index contributed by atoms with van der Waals surface area (Å²) in [6.45, 7) is 2.43. The summed E-state index contributed by atoms with van der Waals surface area (Å²) in [5.74, 6) is -1.02. The fraction of sp³-hybridized carbons (Fsp3) is 0.250. The predicted molar refractivity (Wildman–Crippen MR) is 80.7 cm³/mol. The van der Waals surface area contributed by atoms with Crippen LogP contribution in [0.25, 0.3) is 0 Å². The molecule has 0 aliphatic rings. The Kier molecular flexibility index (Phi) is 4.87. The number of amides is 1. The molecule has 2 N–H and O–H groups in total. The molecule has 1 aromatic heterocycles. The number of nitrogens with zero attached hydrogens (tertiary/aromatic N) is 1. The second-order valence-electron chi connectivity index (χ2n) is 4.58. The summed E-state index contributed by atoms with van der Waals surface area (Å²) < 4.78 is 14.0. The highest BCUT2D eigenvalue weighted by molar-refractivity contribution is 5.95. The SMILES string of the molecule is CCc1ccccc1CNC(=O)c1ccnc(NC)c1F. The van der Waals surface area contributed by atoms with Crippen LogP contribution in [0, 0.1) is 5.82 Å². The van der Waals surface area contributed by atoms with Gasteiger partial charge in [-0.25, -0.2) is 9.37 Å². The zero-order valence-electron chi connectivity index (χ0n) is 12.1. The van der Waals surface area contributed by atoms with Crippen molar-refractivity contribution in [2.24, 2.45) is 0 Å². The van der Waals surface area contributed by atoms with Crippen LogP contribution in [0.1, 0.15) is 28.4 Å². The van der Waals surface area contributed by atoms with Gasteiger partial charge in [-0.3, -0.25) is 4.79 Å². The largest absolute Gasteiger partial charge is 0.371 e. The highest BCUT2D eigenvalue weighted by atomic mass is 19.1. The number of aromatic nitrogens is 1. The van der Waals surface area contributed by atoms with Gasteiger partial charge in [0, 0.05) is 19.8 Å². The van der Waals surface area contributed by atoms with Crippen molar-refractivity contribution in [3.8, 4) is 0 Å². The summed E-state index contributed by atoms with van der Waals surface area (Å²) in [7, 11) is 1.56. The van der Waals surface area contributed by atoms with E-state index in [2.05, 4.69) is 22.5 Å². The number of carbonyl (C=O) groups excluding carboxylic acids is 1. The lowest BCUT2D eigenvalue weighted by Gasteiger charge is -2.10. The average molecular weight is 287 g/mol. The van der Waals surface area contributed by atoms with Crippen LogP contribution in [0.2, 0.25) is 0 Å². The summed E-state index contributed by atoms with van der Waals surface area (Å²) in [6.07, 6.45) is 2.30. The number of rotatable bonds is 5. The van der Waals surface area contributed by atoms with Crippen molar-refractivity contribution in [1.82, 2.24) is 10.3 Å². The molecule has 0 aliphatic heterocycles. The van der Waals surface area contributed by atoms with Crippen LogP contribution >= 0.6 is 0 Å². The van der Waals surface area contributed by atoms with E-state index in [0.717, 1.165) is 12.0 Å². The predicted octanol–water partition coefficient (Wildman–Crippen LogP) is 2.75. The van der Waals surface area contributed by atoms with Crippen molar-refractivity contribution in [3.63, 3.8) is 0 Å². The van der Waals surface area contributed by atoms with Gasteiger partial charge in [0.25, 0.3) is 5.91 Å². The molecule has 4 nitrogen and oxygen atoms in total. The fourth-order valence-electron chi connectivity index (χ4n) is 2.14. The lowest BCUT2D eigenvalue weighted by Crippen LogP contribution is -2.24. The van der Waals surface area contributed by atoms with Crippen molar-refractivity contribution >= 4 is 11.7 Å². The molecule has 0 spiro atoms. The molecule has 0 radical (unpaired) electrons. The minimum absolute atomic E-state index is 0.0108. The minimum atomic E-state index is -0.638. The third kappa shape index (κ3) is 3.37. The number of benzene rings is 1. The highest BCUT2D eigenvalue weighted by Crippen LogP contribution is 2.15. The van der Waals surface area contributed by atoms with Crippen LogP contribution in [0.4, 0.5) is 10.2 Å². The second-order valence-corrected chi connectivity index (χ2v) is 4.58. The molecule has 1 amide bonds. The second kappa shape index (κ2) is 6.83. The normalized spacial score (nSPS) is 10.2. The van der Waals surface area contributed by atoms with Gasteiger partial charge in [-0.2, -0.15) is 0 Å². The van der Waals surface area contributed by atoms with E-state index in [1.165, 1.54) is 17.8 Å². The van der Waals surface area contributed by atoms with E-state index in [1.807, 2.05) is 24.3 Å². The van der Waals surface area contributed by atoms with Crippen molar-refractivity contribution in [3.05, 3.63) is 59.0 Å². The van der Waals surface area contributed by atoms with Gasteiger partial charge in [-0.05, 0) is 23.6 Å². The molecule has 1 aromatic carbocycles. The number of aryl methyl sites for hydroxylation is 1. The summed E-state index contributed by atoms with van der Waals surface area (Å²) in [5, 5.41) is 5.36. The maximum absolute atomic E-state index is 14.0. The van der Waals surface area contributed by atoms with Crippen molar-refractivity contribution in [2.45, 2.75) is 19.9 Å². The lowest BCUT2D eigenvalue weighted by atomic mass is 10.1. The van der Waals surface area contributed by atoms with E-state index < -0.39 is 11.7 Å². The number of carbonyl (C=O) groups is 1.